The Kier molecular flexibility index (Phi) is 3.98. The van der Waals surface area contributed by atoms with Crippen molar-refractivity contribution in [3.8, 4) is 0 Å². The van der Waals surface area contributed by atoms with Crippen molar-refractivity contribution in [2.45, 2.75) is 31.9 Å². The molecule has 1 fully saturated rings. The molecule has 3 heteroatoms. The summed E-state index contributed by atoms with van der Waals surface area (Å²) in [7, 11) is 2.15. The third kappa shape index (κ3) is 2.73. The first kappa shape index (κ1) is 9.96. The molecule has 0 aromatic carbocycles. The van der Waals surface area contributed by atoms with E-state index in [1.54, 1.807) is 0 Å². The average Bonchev–Trinajstić information content (AvgIpc) is 2.05. The van der Waals surface area contributed by atoms with Crippen molar-refractivity contribution in [1.29, 1.82) is 0 Å². The van der Waals surface area contributed by atoms with Crippen LogP contribution in [0.5, 0.6) is 0 Å². The largest absolute Gasteiger partial charge is 0.378 e. The number of hydrogen-bond donors (Lipinski definition) is 1. The number of rotatable bonds is 3. The van der Waals surface area contributed by atoms with Crippen molar-refractivity contribution in [3.05, 3.63) is 0 Å². The molecule has 12 heavy (non-hydrogen) atoms. The van der Waals surface area contributed by atoms with Crippen LogP contribution in [0.2, 0.25) is 0 Å². The highest BCUT2D eigenvalue weighted by atomic mass is 16.5. The zero-order valence-corrected chi connectivity index (χ0v) is 8.12. The summed E-state index contributed by atoms with van der Waals surface area (Å²) in [6.07, 6.45) is 2.72. The molecule has 1 rings (SSSR count). The van der Waals surface area contributed by atoms with Crippen LogP contribution in [-0.4, -0.2) is 43.8 Å². The fourth-order valence-corrected chi connectivity index (χ4v) is 1.76. The Bertz CT molecular complexity index is 130. The molecule has 2 N–H and O–H groups in total. The number of likely N-dealkylation sites (N-methyl/N-ethyl adjacent to an activating group) is 1. The number of nitrogens with two attached hydrogens (primary N) is 1. The van der Waals surface area contributed by atoms with Gasteiger partial charge in [0, 0.05) is 25.7 Å². The van der Waals surface area contributed by atoms with E-state index in [1.807, 2.05) is 0 Å². The highest BCUT2D eigenvalue weighted by Crippen LogP contribution is 2.17. The number of nitrogens with zero attached hydrogens (tertiary/aromatic N) is 1. The lowest BCUT2D eigenvalue weighted by Crippen LogP contribution is -2.41. The van der Waals surface area contributed by atoms with Crippen molar-refractivity contribution in [3.63, 3.8) is 0 Å². The third-order valence-corrected chi connectivity index (χ3v) is 2.56. The van der Waals surface area contributed by atoms with E-state index < -0.39 is 0 Å². The second-order valence-electron chi connectivity index (χ2n) is 3.63. The molecule has 0 aromatic rings. The van der Waals surface area contributed by atoms with E-state index >= 15 is 0 Å². The Labute approximate surface area is 74.9 Å². The second-order valence-corrected chi connectivity index (χ2v) is 3.63. The van der Waals surface area contributed by atoms with E-state index in [2.05, 4.69) is 18.9 Å². The Hall–Kier alpha value is -0.120. The molecule has 72 valence electrons. The van der Waals surface area contributed by atoms with Gasteiger partial charge in [-0.1, -0.05) is 0 Å². The summed E-state index contributed by atoms with van der Waals surface area (Å²) in [5.41, 5.74) is 5.50. The lowest BCUT2D eigenvalue weighted by Gasteiger charge is -2.33. The van der Waals surface area contributed by atoms with Gasteiger partial charge in [0.25, 0.3) is 0 Å². The molecule has 1 saturated heterocycles. The maximum absolute atomic E-state index is 5.50. The van der Waals surface area contributed by atoms with Crippen molar-refractivity contribution < 1.29 is 4.74 Å². The molecule has 0 saturated carbocycles. The van der Waals surface area contributed by atoms with Gasteiger partial charge in [-0.2, -0.15) is 0 Å². The van der Waals surface area contributed by atoms with Crippen LogP contribution in [0, 0.1) is 0 Å². The fourth-order valence-electron chi connectivity index (χ4n) is 1.76. The van der Waals surface area contributed by atoms with E-state index in [-0.39, 0.29) is 0 Å². The van der Waals surface area contributed by atoms with Crippen LogP contribution < -0.4 is 5.73 Å². The third-order valence-electron chi connectivity index (χ3n) is 2.56. The summed E-state index contributed by atoms with van der Waals surface area (Å²) < 4.78 is 5.48. The topological polar surface area (TPSA) is 38.5 Å². The minimum atomic E-state index is 0.420. The molecule has 0 bridgehead atoms. The lowest BCUT2D eigenvalue weighted by molar-refractivity contribution is -0.0110. The van der Waals surface area contributed by atoms with Crippen molar-refractivity contribution >= 4 is 0 Å². The van der Waals surface area contributed by atoms with Gasteiger partial charge < -0.3 is 15.4 Å². The zero-order valence-electron chi connectivity index (χ0n) is 8.12. The normalized spacial score (nSPS) is 31.0. The monoisotopic (exact) mass is 172 g/mol. The van der Waals surface area contributed by atoms with Crippen molar-refractivity contribution in [1.82, 2.24) is 4.90 Å². The molecule has 0 aromatic heterocycles. The first-order valence-corrected chi connectivity index (χ1v) is 4.76. The molecule has 1 heterocycles. The fraction of sp³-hybridized carbons (Fsp3) is 1.00. The van der Waals surface area contributed by atoms with Gasteiger partial charge in [-0.25, -0.2) is 0 Å². The molecule has 0 radical (unpaired) electrons. The molecule has 0 amide bonds. The van der Waals surface area contributed by atoms with Crippen LogP contribution >= 0.6 is 0 Å². The number of ether oxygens (including phenoxy) is 1. The van der Waals surface area contributed by atoms with Gasteiger partial charge in [0.1, 0.15) is 0 Å². The standard InChI is InChI=1S/C9H20N2O/c1-8-7-9(3-6-12-8)11(2)5-4-10/h8-9H,3-7,10H2,1-2H3. The predicted molar refractivity (Wildman–Crippen MR) is 50.1 cm³/mol. The van der Waals surface area contributed by atoms with Gasteiger partial charge in [-0.3, -0.25) is 0 Å². The molecule has 0 spiro atoms. The smallest absolute Gasteiger partial charge is 0.0561 e. The molecule has 1 aliphatic rings. The first-order chi connectivity index (χ1) is 5.74. The predicted octanol–water partition coefficient (Wildman–Crippen LogP) is 0.444. The summed E-state index contributed by atoms with van der Waals surface area (Å²) >= 11 is 0. The molecule has 2 unspecified atom stereocenters. The Morgan fingerprint density at radius 2 is 2.33 bits per heavy atom. The highest BCUT2D eigenvalue weighted by molar-refractivity contribution is 4.75. The van der Waals surface area contributed by atoms with Crippen LogP contribution in [0.15, 0.2) is 0 Å². The first-order valence-electron chi connectivity index (χ1n) is 4.76. The second kappa shape index (κ2) is 4.80. The zero-order chi connectivity index (χ0) is 8.97. The quantitative estimate of drug-likeness (QED) is 0.671. The molecular formula is C9H20N2O. The van der Waals surface area contributed by atoms with Crippen molar-refractivity contribution in [2.24, 2.45) is 5.73 Å². The van der Waals surface area contributed by atoms with Crippen LogP contribution in [0.25, 0.3) is 0 Å². The highest BCUT2D eigenvalue weighted by Gasteiger charge is 2.21. The van der Waals surface area contributed by atoms with E-state index in [0.717, 1.165) is 32.5 Å². The molecule has 0 aliphatic carbocycles. The summed E-state index contributed by atoms with van der Waals surface area (Å²) in [5, 5.41) is 0. The van der Waals surface area contributed by atoms with E-state index in [4.69, 9.17) is 10.5 Å². The van der Waals surface area contributed by atoms with Crippen LogP contribution in [0.3, 0.4) is 0 Å². The summed E-state index contributed by atoms with van der Waals surface area (Å²) in [5.74, 6) is 0. The molecule has 3 nitrogen and oxygen atoms in total. The minimum Gasteiger partial charge on any atom is -0.378 e. The number of hydrogen-bond acceptors (Lipinski definition) is 3. The van der Waals surface area contributed by atoms with Gasteiger partial charge in [0.2, 0.25) is 0 Å². The Morgan fingerprint density at radius 3 is 2.92 bits per heavy atom. The Morgan fingerprint density at radius 1 is 1.58 bits per heavy atom. The maximum Gasteiger partial charge on any atom is 0.0561 e. The van der Waals surface area contributed by atoms with E-state index in [9.17, 15) is 0 Å². The van der Waals surface area contributed by atoms with Gasteiger partial charge in [-0.15, -0.1) is 0 Å². The minimum absolute atomic E-state index is 0.420. The average molecular weight is 172 g/mol. The summed E-state index contributed by atoms with van der Waals surface area (Å²) in [6, 6.07) is 0.678. The van der Waals surface area contributed by atoms with Crippen molar-refractivity contribution in [2.75, 3.05) is 26.7 Å². The van der Waals surface area contributed by atoms with E-state index in [0.29, 0.717) is 12.1 Å². The SMILES string of the molecule is CC1CC(N(C)CCN)CCO1. The van der Waals surface area contributed by atoms with Gasteiger partial charge in [-0.05, 0) is 26.8 Å². The van der Waals surface area contributed by atoms with Gasteiger partial charge in [0.05, 0.1) is 6.10 Å². The van der Waals surface area contributed by atoms with Crippen LogP contribution in [-0.2, 0) is 4.74 Å². The van der Waals surface area contributed by atoms with Gasteiger partial charge in [0.15, 0.2) is 0 Å². The molecule has 2 atom stereocenters. The van der Waals surface area contributed by atoms with Gasteiger partial charge >= 0.3 is 0 Å². The molecule has 1 aliphatic heterocycles. The molecular weight excluding hydrogens is 152 g/mol. The van der Waals surface area contributed by atoms with Crippen LogP contribution in [0.1, 0.15) is 19.8 Å². The summed E-state index contributed by atoms with van der Waals surface area (Å²) in [6.45, 7) is 4.79. The van der Waals surface area contributed by atoms with Crippen LogP contribution in [0.4, 0.5) is 0 Å². The summed E-state index contributed by atoms with van der Waals surface area (Å²) in [4.78, 5) is 2.35. The van der Waals surface area contributed by atoms with E-state index in [1.165, 1.54) is 0 Å². The lowest BCUT2D eigenvalue weighted by atomic mass is 10.0. The Balaban J connectivity index is 2.29. The maximum atomic E-state index is 5.50.